The molecule has 0 aliphatic heterocycles. The van der Waals surface area contributed by atoms with E-state index in [-0.39, 0.29) is 0 Å². The zero-order chi connectivity index (χ0) is 11.7. The van der Waals surface area contributed by atoms with Crippen molar-refractivity contribution in [1.29, 1.82) is 0 Å². The monoisotopic (exact) mass is 220 g/mol. The topological polar surface area (TPSA) is 0 Å². The zero-order valence-electron chi connectivity index (χ0n) is 10.1. The van der Waals surface area contributed by atoms with Crippen LogP contribution in [0.2, 0.25) is 0 Å². The summed E-state index contributed by atoms with van der Waals surface area (Å²) in [6, 6.07) is 19.5. The third kappa shape index (κ3) is 1.80. The van der Waals surface area contributed by atoms with Crippen molar-refractivity contribution in [2.24, 2.45) is 0 Å². The molecule has 2 aromatic carbocycles. The molecule has 0 amide bonds. The van der Waals surface area contributed by atoms with Gasteiger partial charge in [-0.15, -0.1) is 0 Å². The number of fused-ring (bicyclic) bond motifs is 1. The Morgan fingerprint density at radius 2 is 1.35 bits per heavy atom. The lowest BCUT2D eigenvalue weighted by atomic mass is 9.90. The summed E-state index contributed by atoms with van der Waals surface area (Å²) in [5.41, 5.74) is 4.37. The summed E-state index contributed by atoms with van der Waals surface area (Å²) in [6.45, 7) is 2.25. The van der Waals surface area contributed by atoms with Gasteiger partial charge in [0.1, 0.15) is 0 Å². The van der Waals surface area contributed by atoms with E-state index in [0.717, 1.165) is 6.42 Å². The van der Waals surface area contributed by atoms with Crippen LogP contribution in [0.5, 0.6) is 0 Å². The first-order chi connectivity index (χ1) is 8.36. The van der Waals surface area contributed by atoms with Gasteiger partial charge in [-0.2, -0.15) is 0 Å². The predicted octanol–water partition coefficient (Wildman–Crippen LogP) is 2.85. The molecular formula is C17H16. The smallest absolute Gasteiger partial charge is 0.0146 e. The van der Waals surface area contributed by atoms with Crippen molar-refractivity contribution >= 4 is 11.1 Å². The van der Waals surface area contributed by atoms with Gasteiger partial charge in [0.15, 0.2) is 0 Å². The van der Waals surface area contributed by atoms with E-state index in [9.17, 15) is 0 Å². The summed E-state index contributed by atoms with van der Waals surface area (Å²) >= 11 is 0. The van der Waals surface area contributed by atoms with Crippen molar-refractivity contribution in [2.75, 3.05) is 0 Å². The van der Waals surface area contributed by atoms with Crippen molar-refractivity contribution in [3.05, 3.63) is 70.6 Å². The maximum absolute atomic E-state index is 2.25. The van der Waals surface area contributed by atoms with Gasteiger partial charge in [-0.1, -0.05) is 60.2 Å². The molecule has 0 heteroatoms. The van der Waals surface area contributed by atoms with Crippen LogP contribution in [0.25, 0.3) is 11.1 Å². The summed E-state index contributed by atoms with van der Waals surface area (Å²) in [5.74, 6) is 0. The van der Waals surface area contributed by atoms with Crippen LogP contribution in [-0.2, 0) is 0 Å². The third-order valence-corrected chi connectivity index (χ3v) is 3.58. The van der Waals surface area contributed by atoms with Crippen LogP contribution >= 0.6 is 0 Å². The van der Waals surface area contributed by atoms with Gasteiger partial charge in [0, 0.05) is 0 Å². The maximum Gasteiger partial charge on any atom is -0.0146 e. The molecule has 0 heterocycles. The number of rotatable bonds is 1. The Morgan fingerprint density at radius 1 is 0.706 bits per heavy atom. The Morgan fingerprint density at radius 3 is 2.12 bits per heavy atom. The first kappa shape index (κ1) is 10.3. The molecule has 17 heavy (non-hydrogen) atoms. The predicted molar refractivity (Wildman–Crippen MR) is 73.0 cm³/mol. The molecule has 0 unspecified atom stereocenters. The van der Waals surface area contributed by atoms with Crippen molar-refractivity contribution in [1.82, 2.24) is 0 Å². The number of hydrogen-bond donors (Lipinski definition) is 0. The van der Waals surface area contributed by atoms with Crippen LogP contribution in [0.1, 0.15) is 25.3 Å². The molecular weight excluding hydrogens is 204 g/mol. The Hall–Kier alpha value is -1.82. The Kier molecular flexibility index (Phi) is 2.56. The van der Waals surface area contributed by atoms with Crippen molar-refractivity contribution in [2.45, 2.75) is 19.8 Å². The lowest BCUT2D eigenvalue weighted by molar-refractivity contribution is 1.03. The number of hydrogen-bond acceptors (Lipinski definition) is 0. The molecule has 0 N–H and O–H groups in total. The second-order valence-electron chi connectivity index (χ2n) is 4.67. The SMILES string of the molecule is CC1=c2ccccc2=C(c2ccccc2)CC1. The molecule has 0 aromatic heterocycles. The van der Waals surface area contributed by atoms with E-state index in [2.05, 4.69) is 61.5 Å². The first-order valence-electron chi connectivity index (χ1n) is 6.20. The molecule has 1 aliphatic rings. The standard InChI is InChI=1S/C17H16/c1-13-11-12-16(14-7-3-2-4-8-14)17-10-6-5-9-15(13)17/h2-10H,11-12H2,1H3. The fourth-order valence-electron chi connectivity index (χ4n) is 2.64. The van der Waals surface area contributed by atoms with Crippen molar-refractivity contribution in [3.63, 3.8) is 0 Å². The molecule has 0 saturated heterocycles. The maximum atomic E-state index is 2.25. The first-order valence-corrected chi connectivity index (χ1v) is 6.20. The van der Waals surface area contributed by atoms with E-state index in [4.69, 9.17) is 0 Å². The minimum atomic E-state index is 1.16. The summed E-state index contributed by atoms with van der Waals surface area (Å²) in [4.78, 5) is 0. The van der Waals surface area contributed by atoms with Gasteiger partial charge in [-0.3, -0.25) is 0 Å². The summed E-state index contributed by atoms with van der Waals surface area (Å²) < 4.78 is 0. The highest BCUT2D eigenvalue weighted by Crippen LogP contribution is 2.21. The summed E-state index contributed by atoms with van der Waals surface area (Å²) in [5, 5.41) is 2.85. The van der Waals surface area contributed by atoms with Gasteiger partial charge in [-0.05, 0) is 41.3 Å². The lowest BCUT2D eigenvalue weighted by Crippen LogP contribution is -2.31. The second kappa shape index (κ2) is 4.21. The third-order valence-electron chi connectivity index (χ3n) is 3.58. The molecule has 0 atom stereocenters. The van der Waals surface area contributed by atoms with Gasteiger partial charge in [-0.25, -0.2) is 0 Å². The molecule has 84 valence electrons. The summed E-state index contributed by atoms with van der Waals surface area (Å²) in [7, 11) is 0. The highest BCUT2D eigenvalue weighted by Gasteiger charge is 2.09. The van der Waals surface area contributed by atoms with Crippen molar-refractivity contribution < 1.29 is 0 Å². The molecule has 0 bridgehead atoms. The Labute approximate surface area is 102 Å². The summed E-state index contributed by atoms with van der Waals surface area (Å²) in [6.07, 6.45) is 2.34. The van der Waals surface area contributed by atoms with Gasteiger partial charge in [0.25, 0.3) is 0 Å². The molecule has 0 fully saturated rings. The van der Waals surface area contributed by atoms with E-state index in [1.54, 1.807) is 0 Å². The van der Waals surface area contributed by atoms with E-state index in [0.29, 0.717) is 0 Å². The molecule has 2 aromatic rings. The van der Waals surface area contributed by atoms with Gasteiger partial charge in [0.2, 0.25) is 0 Å². The van der Waals surface area contributed by atoms with Crippen LogP contribution in [0, 0.1) is 0 Å². The molecule has 0 spiro atoms. The second-order valence-corrected chi connectivity index (χ2v) is 4.67. The fourth-order valence-corrected chi connectivity index (χ4v) is 2.64. The lowest BCUT2D eigenvalue weighted by Gasteiger charge is -2.14. The van der Waals surface area contributed by atoms with E-state index in [1.807, 2.05) is 0 Å². The van der Waals surface area contributed by atoms with Gasteiger partial charge in [0.05, 0.1) is 0 Å². The van der Waals surface area contributed by atoms with Crippen LogP contribution in [-0.4, -0.2) is 0 Å². The molecule has 1 aliphatic carbocycles. The zero-order valence-corrected chi connectivity index (χ0v) is 10.1. The molecule has 0 saturated carbocycles. The minimum absolute atomic E-state index is 1.16. The minimum Gasteiger partial charge on any atom is -0.0651 e. The molecule has 0 nitrogen and oxygen atoms in total. The van der Waals surface area contributed by atoms with Crippen molar-refractivity contribution in [3.8, 4) is 0 Å². The van der Waals surface area contributed by atoms with Crippen LogP contribution < -0.4 is 10.4 Å². The quantitative estimate of drug-likeness (QED) is 0.693. The van der Waals surface area contributed by atoms with Crippen LogP contribution in [0.3, 0.4) is 0 Å². The van der Waals surface area contributed by atoms with E-state index < -0.39 is 0 Å². The van der Waals surface area contributed by atoms with E-state index in [1.165, 1.54) is 33.6 Å². The largest absolute Gasteiger partial charge is 0.0651 e. The fraction of sp³-hybridized carbons (Fsp3) is 0.176. The van der Waals surface area contributed by atoms with Crippen LogP contribution in [0.4, 0.5) is 0 Å². The number of benzene rings is 2. The van der Waals surface area contributed by atoms with Gasteiger partial charge < -0.3 is 0 Å². The average Bonchev–Trinajstić information content (AvgIpc) is 2.41. The van der Waals surface area contributed by atoms with E-state index >= 15 is 0 Å². The molecule has 0 radical (unpaired) electrons. The normalized spacial score (nSPS) is 14.6. The molecule has 3 rings (SSSR count). The van der Waals surface area contributed by atoms with Gasteiger partial charge >= 0.3 is 0 Å². The van der Waals surface area contributed by atoms with Crippen LogP contribution in [0.15, 0.2) is 54.6 Å². The highest BCUT2D eigenvalue weighted by molar-refractivity contribution is 5.69. The Bertz CT molecular complexity index is 648. The Balaban J connectivity index is 2.38. The average molecular weight is 220 g/mol. The highest BCUT2D eigenvalue weighted by atomic mass is 14.1.